The highest BCUT2D eigenvalue weighted by Crippen LogP contribution is 2.72. The van der Waals surface area contributed by atoms with Crippen LogP contribution in [0.4, 0.5) is 19.0 Å². The van der Waals surface area contributed by atoms with E-state index < -0.39 is 23.0 Å². The van der Waals surface area contributed by atoms with Crippen molar-refractivity contribution in [3.8, 4) is 11.1 Å². The highest BCUT2D eigenvalue weighted by Gasteiger charge is 2.73. The number of alkyl halides is 1. The van der Waals surface area contributed by atoms with Crippen LogP contribution in [-0.2, 0) is 0 Å². The third kappa shape index (κ3) is 2.07. The molecule has 6 atom stereocenters. The predicted octanol–water partition coefficient (Wildman–Crippen LogP) is 4.15. The Hall–Kier alpha value is -2.06. The van der Waals surface area contributed by atoms with E-state index in [4.69, 9.17) is 23.2 Å². The standard InChI is InChI=1S/C18H12Cl2F3N5/c19-14-7-3-6-10(14)11(6)15(7)26-17-13(12-8(22)1-5(21)2-9(12)23)16(20)27-18-24-4-25-28(17)18/h1-2,4,6-7,10-11,14-15,26H,3H2. The Morgan fingerprint density at radius 1 is 1.07 bits per heavy atom. The molecule has 144 valence electrons. The van der Waals surface area contributed by atoms with Crippen molar-refractivity contribution >= 4 is 34.8 Å². The molecule has 7 rings (SSSR count). The quantitative estimate of drug-likeness (QED) is 0.505. The number of rotatable bonds is 3. The fourth-order valence-corrected chi connectivity index (χ4v) is 6.24. The molecule has 10 heteroatoms. The van der Waals surface area contributed by atoms with Crippen LogP contribution < -0.4 is 5.32 Å². The lowest BCUT2D eigenvalue weighted by molar-refractivity contribution is 0.546. The fourth-order valence-electron chi connectivity index (χ4n) is 5.37. The van der Waals surface area contributed by atoms with Crippen LogP contribution in [0.1, 0.15) is 6.42 Å². The Morgan fingerprint density at radius 3 is 2.43 bits per heavy atom. The first kappa shape index (κ1) is 16.9. The van der Waals surface area contributed by atoms with Crippen molar-refractivity contribution in [2.24, 2.45) is 23.7 Å². The van der Waals surface area contributed by atoms with Gasteiger partial charge in [0.15, 0.2) is 0 Å². The minimum absolute atomic E-state index is 0.0120. The van der Waals surface area contributed by atoms with Crippen molar-refractivity contribution in [1.29, 1.82) is 0 Å². The first-order valence-corrected chi connectivity index (χ1v) is 9.72. The maximum Gasteiger partial charge on any atom is 0.255 e. The minimum Gasteiger partial charge on any atom is -0.366 e. The number of aromatic nitrogens is 4. The maximum absolute atomic E-state index is 14.6. The first-order chi connectivity index (χ1) is 13.5. The lowest BCUT2D eigenvalue weighted by Gasteiger charge is -2.23. The van der Waals surface area contributed by atoms with Crippen LogP contribution >= 0.6 is 23.2 Å². The molecule has 0 amide bonds. The summed E-state index contributed by atoms with van der Waals surface area (Å²) in [5.41, 5.74) is -0.471. The molecule has 0 aliphatic heterocycles. The SMILES string of the molecule is Fc1cc(F)c(-c2c(Cl)nc3ncnn3c2NC2C3CC4C(C3Cl)C42)c(F)c1. The summed E-state index contributed by atoms with van der Waals surface area (Å²) in [5.74, 6) is -0.911. The molecule has 2 heterocycles. The number of nitrogens with one attached hydrogen (secondary N) is 1. The summed E-state index contributed by atoms with van der Waals surface area (Å²) in [7, 11) is 0. The Labute approximate surface area is 166 Å². The van der Waals surface area contributed by atoms with Gasteiger partial charge in [-0.25, -0.2) is 13.2 Å². The van der Waals surface area contributed by atoms with E-state index in [-0.39, 0.29) is 39.6 Å². The number of hydrogen-bond acceptors (Lipinski definition) is 4. The van der Waals surface area contributed by atoms with Gasteiger partial charge >= 0.3 is 0 Å². The van der Waals surface area contributed by atoms with Crippen LogP contribution in [0.2, 0.25) is 5.15 Å². The maximum atomic E-state index is 14.6. The van der Waals surface area contributed by atoms with Crippen molar-refractivity contribution < 1.29 is 13.2 Å². The first-order valence-electron chi connectivity index (χ1n) is 8.90. The van der Waals surface area contributed by atoms with Crippen molar-refractivity contribution in [2.45, 2.75) is 17.8 Å². The number of benzene rings is 1. The van der Waals surface area contributed by atoms with Crippen LogP contribution in [0.3, 0.4) is 0 Å². The summed E-state index contributed by atoms with van der Waals surface area (Å²) < 4.78 is 43.9. The van der Waals surface area contributed by atoms with Crippen LogP contribution in [0, 0.1) is 41.1 Å². The van der Waals surface area contributed by atoms with Crippen molar-refractivity contribution in [3.63, 3.8) is 0 Å². The summed E-state index contributed by atoms with van der Waals surface area (Å²) in [6.45, 7) is 0. The average Bonchev–Trinajstić information content (AvgIpc) is 2.98. The second kappa shape index (κ2) is 5.51. The molecule has 4 fully saturated rings. The second-order valence-corrected chi connectivity index (χ2v) is 8.54. The Kier molecular flexibility index (Phi) is 3.32. The molecule has 4 aliphatic rings. The number of halogens is 5. The van der Waals surface area contributed by atoms with Gasteiger partial charge in [-0.2, -0.15) is 19.6 Å². The van der Waals surface area contributed by atoms with Gasteiger partial charge in [0.25, 0.3) is 5.78 Å². The van der Waals surface area contributed by atoms with E-state index in [0.717, 1.165) is 6.42 Å². The van der Waals surface area contributed by atoms with E-state index >= 15 is 0 Å². The van der Waals surface area contributed by atoms with Gasteiger partial charge in [0.2, 0.25) is 0 Å². The third-order valence-electron chi connectivity index (χ3n) is 6.43. The highest BCUT2D eigenvalue weighted by atomic mass is 35.5. The lowest BCUT2D eigenvalue weighted by atomic mass is 10.0. The lowest BCUT2D eigenvalue weighted by Crippen LogP contribution is -2.28. The normalized spacial score (nSPS) is 32.3. The van der Waals surface area contributed by atoms with Crippen molar-refractivity contribution in [1.82, 2.24) is 19.6 Å². The second-order valence-electron chi connectivity index (χ2n) is 7.68. The molecule has 6 unspecified atom stereocenters. The largest absolute Gasteiger partial charge is 0.366 e. The van der Waals surface area contributed by atoms with Crippen LogP contribution in [0.15, 0.2) is 18.5 Å². The number of fused-ring (bicyclic) bond motifs is 1. The number of anilines is 1. The van der Waals surface area contributed by atoms with Gasteiger partial charge in [-0.15, -0.1) is 11.6 Å². The van der Waals surface area contributed by atoms with E-state index in [0.29, 0.717) is 29.9 Å². The molecule has 4 bridgehead atoms. The van der Waals surface area contributed by atoms with Crippen molar-refractivity contribution in [2.75, 3.05) is 5.32 Å². The summed E-state index contributed by atoms with van der Waals surface area (Å²) in [6.07, 6.45) is 2.32. The topological polar surface area (TPSA) is 55.1 Å². The Morgan fingerprint density at radius 2 is 1.82 bits per heavy atom. The molecule has 5 nitrogen and oxygen atoms in total. The zero-order chi connectivity index (χ0) is 19.3. The third-order valence-corrected chi connectivity index (χ3v) is 7.32. The molecule has 4 saturated carbocycles. The van der Waals surface area contributed by atoms with Crippen LogP contribution in [0.5, 0.6) is 0 Å². The molecular formula is C18H12Cl2F3N5. The van der Waals surface area contributed by atoms with Crippen LogP contribution in [-0.4, -0.2) is 31.0 Å². The molecule has 4 aliphatic carbocycles. The monoisotopic (exact) mass is 425 g/mol. The van der Waals surface area contributed by atoms with Gasteiger partial charge in [-0.1, -0.05) is 11.6 Å². The molecule has 1 aromatic carbocycles. The number of nitrogens with zero attached hydrogens (tertiary/aromatic N) is 4. The van der Waals surface area contributed by atoms with E-state index in [9.17, 15) is 13.2 Å². The zero-order valence-electron chi connectivity index (χ0n) is 14.1. The Balaban J connectivity index is 1.56. The molecule has 2 aromatic heterocycles. The van der Waals surface area contributed by atoms with E-state index in [2.05, 4.69) is 20.4 Å². The smallest absolute Gasteiger partial charge is 0.255 e. The molecule has 3 aromatic rings. The molecule has 0 radical (unpaired) electrons. The summed E-state index contributed by atoms with van der Waals surface area (Å²) in [4.78, 5) is 8.11. The van der Waals surface area contributed by atoms with E-state index in [1.165, 1.54) is 10.8 Å². The summed E-state index contributed by atoms with van der Waals surface area (Å²) in [5, 5.41) is 7.47. The average molecular weight is 426 g/mol. The molecule has 0 saturated heterocycles. The van der Waals surface area contributed by atoms with Gasteiger partial charge in [-0.05, 0) is 30.1 Å². The minimum atomic E-state index is -1.07. The zero-order valence-corrected chi connectivity index (χ0v) is 15.6. The molecular weight excluding hydrogens is 414 g/mol. The van der Waals surface area contributed by atoms with Gasteiger partial charge in [0.05, 0.1) is 11.1 Å². The van der Waals surface area contributed by atoms with E-state index in [1.54, 1.807) is 0 Å². The molecule has 0 spiro atoms. The van der Waals surface area contributed by atoms with Gasteiger partial charge < -0.3 is 5.32 Å². The number of hydrogen-bond donors (Lipinski definition) is 1. The predicted molar refractivity (Wildman–Crippen MR) is 96.7 cm³/mol. The van der Waals surface area contributed by atoms with Gasteiger partial charge in [-0.3, -0.25) is 0 Å². The summed E-state index contributed by atoms with van der Waals surface area (Å²) in [6, 6.07) is 1.28. The Bertz CT molecular complexity index is 1130. The van der Waals surface area contributed by atoms with E-state index in [1.807, 2.05) is 0 Å². The molecule has 28 heavy (non-hydrogen) atoms. The summed E-state index contributed by atoms with van der Waals surface area (Å²) >= 11 is 12.8. The molecule has 1 N–H and O–H groups in total. The highest BCUT2D eigenvalue weighted by molar-refractivity contribution is 6.33. The van der Waals surface area contributed by atoms with Gasteiger partial charge in [0.1, 0.15) is 34.7 Å². The van der Waals surface area contributed by atoms with Crippen molar-refractivity contribution in [3.05, 3.63) is 41.1 Å². The fraction of sp³-hybridized carbons (Fsp3) is 0.389. The van der Waals surface area contributed by atoms with Gasteiger partial charge in [0, 0.05) is 23.6 Å². The van der Waals surface area contributed by atoms with Crippen LogP contribution in [0.25, 0.3) is 16.9 Å².